The number of pyridine rings is 1. The van der Waals surface area contributed by atoms with Gasteiger partial charge in [-0.15, -0.1) is 22.7 Å². The smallest absolute Gasteiger partial charge is 0.273 e. The van der Waals surface area contributed by atoms with Crippen LogP contribution in [0.3, 0.4) is 0 Å². The number of thiophene rings is 2. The molecule has 0 unspecified atom stereocenters. The predicted molar refractivity (Wildman–Crippen MR) is 140 cm³/mol. The minimum atomic E-state index is -4.49. The number of aryl methyl sites for hydroxylation is 1. The second-order valence-electron chi connectivity index (χ2n) is 9.83. The van der Waals surface area contributed by atoms with Crippen LogP contribution in [0.25, 0.3) is 33.1 Å². The number of hydrogen-bond acceptors (Lipinski definition) is 4. The molecule has 1 N–H and O–H groups in total. The minimum Gasteiger partial charge on any atom is -0.273 e. The van der Waals surface area contributed by atoms with E-state index in [-0.39, 0.29) is 11.1 Å². The van der Waals surface area contributed by atoms with E-state index < -0.39 is 11.9 Å². The van der Waals surface area contributed by atoms with Gasteiger partial charge in [-0.05, 0) is 65.1 Å². The van der Waals surface area contributed by atoms with Crippen LogP contribution in [0.15, 0.2) is 41.1 Å². The zero-order valence-corrected chi connectivity index (χ0v) is 22.1. The normalized spacial score (nSPS) is 12.4. The van der Waals surface area contributed by atoms with Crippen LogP contribution in [0.1, 0.15) is 69.5 Å². The number of H-pyrrole nitrogens is 1. The largest absolute Gasteiger partial charge is 0.432 e. The number of nitrogens with one attached hydrogen (secondary N) is 1. The van der Waals surface area contributed by atoms with Gasteiger partial charge in [0.05, 0.1) is 11.4 Å². The van der Waals surface area contributed by atoms with Gasteiger partial charge in [-0.2, -0.15) is 18.3 Å². The van der Waals surface area contributed by atoms with Gasteiger partial charge in [-0.25, -0.2) is 4.98 Å². The van der Waals surface area contributed by atoms with Gasteiger partial charge in [-0.3, -0.25) is 5.10 Å². The summed E-state index contributed by atoms with van der Waals surface area (Å²) in [5.41, 5.74) is 3.69. The van der Waals surface area contributed by atoms with Crippen molar-refractivity contribution in [2.75, 3.05) is 0 Å². The fourth-order valence-electron chi connectivity index (χ4n) is 3.93. The lowest BCUT2D eigenvalue weighted by Gasteiger charge is -2.15. The Labute approximate surface area is 212 Å². The Hall–Kier alpha value is -2.45. The van der Waals surface area contributed by atoms with E-state index >= 15 is 0 Å². The Morgan fingerprint density at radius 2 is 1.66 bits per heavy atom. The van der Waals surface area contributed by atoms with Crippen LogP contribution >= 0.6 is 22.7 Å². The summed E-state index contributed by atoms with van der Waals surface area (Å²) in [6.45, 7) is 8.69. The molecule has 35 heavy (non-hydrogen) atoms. The molecule has 0 aliphatic rings. The fourth-order valence-corrected chi connectivity index (χ4v) is 5.87. The second-order valence-corrected chi connectivity index (χ2v) is 11.7. The van der Waals surface area contributed by atoms with Crippen molar-refractivity contribution < 1.29 is 13.2 Å². The highest BCUT2D eigenvalue weighted by molar-refractivity contribution is 7.13. The zero-order valence-electron chi connectivity index (χ0n) is 20.4. The zero-order chi connectivity index (χ0) is 25.2. The Bertz CT molecular complexity index is 1200. The molecule has 186 valence electrons. The Balaban J connectivity index is 1.78. The van der Waals surface area contributed by atoms with Gasteiger partial charge in [0.2, 0.25) is 0 Å². The third-order valence-electron chi connectivity index (χ3n) is 5.91. The number of aromatic nitrogens is 3. The van der Waals surface area contributed by atoms with E-state index in [2.05, 4.69) is 66.9 Å². The quantitative estimate of drug-likeness (QED) is 0.237. The number of halogens is 3. The van der Waals surface area contributed by atoms with Gasteiger partial charge in [0.25, 0.3) is 0 Å². The molecular weight excluding hydrogens is 487 g/mol. The second kappa shape index (κ2) is 10.3. The van der Waals surface area contributed by atoms with Crippen LogP contribution in [0.5, 0.6) is 0 Å². The first kappa shape index (κ1) is 25.6. The first-order valence-corrected chi connectivity index (χ1v) is 13.6. The molecule has 8 heteroatoms. The number of rotatable bonds is 8. The molecule has 0 radical (unpaired) electrons. The van der Waals surface area contributed by atoms with Crippen molar-refractivity contribution in [2.24, 2.45) is 0 Å². The summed E-state index contributed by atoms with van der Waals surface area (Å²) in [5.74, 6) is 0. The lowest BCUT2D eigenvalue weighted by atomic mass is 9.94. The van der Waals surface area contributed by atoms with Crippen LogP contribution in [-0.2, 0) is 18.0 Å². The van der Waals surface area contributed by atoms with E-state index in [1.54, 1.807) is 22.7 Å². The van der Waals surface area contributed by atoms with Gasteiger partial charge in [0.15, 0.2) is 0 Å². The van der Waals surface area contributed by atoms with Crippen molar-refractivity contribution in [1.29, 1.82) is 0 Å². The monoisotopic (exact) mass is 517 g/mol. The molecule has 0 spiro atoms. The van der Waals surface area contributed by atoms with Gasteiger partial charge in [0, 0.05) is 20.7 Å². The molecule has 0 saturated heterocycles. The third kappa shape index (κ3) is 6.04. The van der Waals surface area contributed by atoms with Crippen molar-refractivity contribution in [3.05, 3.63) is 57.2 Å². The Morgan fingerprint density at radius 1 is 0.886 bits per heavy atom. The lowest BCUT2D eigenvalue weighted by molar-refractivity contribution is -0.141. The molecule has 4 aromatic heterocycles. The molecule has 0 aromatic carbocycles. The van der Waals surface area contributed by atoms with Crippen LogP contribution in [-0.4, -0.2) is 15.2 Å². The maximum Gasteiger partial charge on any atom is 0.432 e. The number of unbranched alkanes of at least 4 members (excludes halogenated alkanes) is 3. The maximum atomic E-state index is 13.2. The number of alkyl halides is 3. The van der Waals surface area contributed by atoms with Gasteiger partial charge >= 0.3 is 6.18 Å². The average molecular weight is 518 g/mol. The molecule has 0 fully saturated rings. The Kier molecular flexibility index (Phi) is 7.52. The van der Waals surface area contributed by atoms with E-state index in [1.165, 1.54) is 29.7 Å². The molecule has 4 rings (SSSR count). The summed E-state index contributed by atoms with van der Waals surface area (Å²) >= 11 is 3.33. The van der Waals surface area contributed by atoms with Crippen LogP contribution < -0.4 is 0 Å². The summed E-state index contributed by atoms with van der Waals surface area (Å²) in [6.07, 6.45) is 1.22. The molecule has 0 aliphatic heterocycles. The van der Waals surface area contributed by atoms with Gasteiger partial charge in [0.1, 0.15) is 11.4 Å². The van der Waals surface area contributed by atoms with E-state index in [0.29, 0.717) is 5.69 Å². The first-order chi connectivity index (χ1) is 16.6. The molecule has 0 aliphatic carbocycles. The number of nitrogens with zero attached hydrogens (tertiary/aromatic N) is 2. The van der Waals surface area contributed by atoms with E-state index in [9.17, 15) is 13.2 Å². The molecule has 3 nitrogen and oxygen atoms in total. The summed E-state index contributed by atoms with van der Waals surface area (Å²) in [5, 5.41) is 10.2. The van der Waals surface area contributed by atoms with Crippen molar-refractivity contribution in [3.8, 4) is 33.1 Å². The van der Waals surface area contributed by atoms with Gasteiger partial charge < -0.3 is 0 Å². The van der Waals surface area contributed by atoms with E-state index in [4.69, 9.17) is 4.98 Å². The van der Waals surface area contributed by atoms with Crippen LogP contribution in [0, 0.1) is 0 Å². The lowest BCUT2D eigenvalue weighted by Crippen LogP contribution is -2.07. The highest BCUT2D eigenvalue weighted by Crippen LogP contribution is 2.38. The predicted octanol–water partition coefficient (Wildman–Crippen LogP) is 9.37. The minimum absolute atomic E-state index is 0.00652. The molecule has 0 amide bonds. The summed E-state index contributed by atoms with van der Waals surface area (Å²) in [4.78, 5) is 7.12. The maximum absolute atomic E-state index is 13.2. The molecule has 0 atom stereocenters. The van der Waals surface area contributed by atoms with Crippen molar-refractivity contribution in [3.63, 3.8) is 0 Å². The molecule has 4 heterocycles. The molecule has 4 aromatic rings. The van der Waals surface area contributed by atoms with Crippen molar-refractivity contribution in [1.82, 2.24) is 15.2 Å². The van der Waals surface area contributed by atoms with Gasteiger partial charge in [-0.1, -0.05) is 47.0 Å². The van der Waals surface area contributed by atoms with Crippen LogP contribution in [0.4, 0.5) is 13.2 Å². The van der Waals surface area contributed by atoms with E-state index in [0.717, 1.165) is 40.6 Å². The fraction of sp³-hybridized carbons (Fsp3) is 0.407. The van der Waals surface area contributed by atoms with Crippen molar-refractivity contribution >= 4 is 22.7 Å². The van der Waals surface area contributed by atoms with Crippen molar-refractivity contribution in [2.45, 2.75) is 71.4 Å². The standard InChI is InChI=1S/C27H30F3N3S2/c1-5-6-7-8-9-17-10-11-34-25(17)18-12-20(19-14-24(35-16-19)26(2,3)4)31-21(13-18)22-15-23(33-32-22)27(28,29)30/h10-16H,5-9H2,1-4H3,(H,32,33). The summed E-state index contributed by atoms with van der Waals surface area (Å²) in [7, 11) is 0. The number of hydrogen-bond donors (Lipinski definition) is 1. The highest BCUT2D eigenvalue weighted by atomic mass is 32.1. The van der Waals surface area contributed by atoms with Crippen LogP contribution in [0.2, 0.25) is 0 Å². The SMILES string of the molecule is CCCCCCc1ccsc1-c1cc(-c2csc(C(C)(C)C)c2)nc(-c2cc(C(F)(F)F)[nH]n2)c1. The summed E-state index contributed by atoms with van der Waals surface area (Å²) in [6, 6.07) is 9.23. The highest BCUT2D eigenvalue weighted by Gasteiger charge is 2.33. The summed E-state index contributed by atoms with van der Waals surface area (Å²) < 4.78 is 39.6. The molecular formula is C27H30F3N3S2. The first-order valence-electron chi connectivity index (χ1n) is 11.9. The molecule has 0 saturated carbocycles. The average Bonchev–Trinajstić information content (AvgIpc) is 3.56. The topological polar surface area (TPSA) is 41.6 Å². The Morgan fingerprint density at radius 3 is 2.31 bits per heavy atom. The third-order valence-corrected chi connectivity index (χ3v) is 8.28. The van der Waals surface area contributed by atoms with E-state index in [1.807, 2.05) is 6.07 Å². The molecule has 0 bridgehead atoms. The number of aromatic amines is 1.